The molecule has 0 amide bonds. The van der Waals surface area contributed by atoms with Crippen molar-refractivity contribution in [2.45, 2.75) is 13.0 Å². The molecule has 0 aliphatic rings. The minimum absolute atomic E-state index is 0.196. The molecule has 0 aliphatic carbocycles. The van der Waals surface area contributed by atoms with Crippen LogP contribution in [0, 0.1) is 11.6 Å². The Balaban J connectivity index is 1.82. The van der Waals surface area contributed by atoms with Crippen molar-refractivity contribution in [3.8, 4) is 0 Å². The molecule has 0 unspecified atom stereocenters. The van der Waals surface area contributed by atoms with Gasteiger partial charge >= 0.3 is 0 Å². The highest BCUT2D eigenvalue weighted by Crippen LogP contribution is 2.14. The molecule has 100 valence electrons. The van der Waals surface area contributed by atoms with Crippen molar-refractivity contribution in [1.29, 1.82) is 0 Å². The lowest BCUT2D eigenvalue weighted by Gasteiger charge is -2.06. The van der Waals surface area contributed by atoms with Crippen LogP contribution in [0.4, 0.5) is 8.78 Å². The maximum atomic E-state index is 13.4. The Labute approximate surface area is 116 Å². The molecule has 2 rings (SSSR count). The number of rotatable bonds is 5. The highest BCUT2D eigenvalue weighted by molar-refractivity contribution is 6.30. The third-order valence-electron chi connectivity index (χ3n) is 2.78. The molecule has 0 saturated carbocycles. The predicted molar refractivity (Wildman–Crippen MR) is 73.2 cm³/mol. The van der Waals surface area contributed by atoms with E-state index in [0.717, 1.165) is 5.56 Å². The highest BCUT2D eigenvalue weighted by atomic mass is 35.5. The maximum absolute atomic E-state index is 13.4. The average Bonchev–Trinajstić information content (AvgIpc) is 2.35. The highest BCUT2D eigenvalue weighted by Gasteiger charge is 2.01. The van der Waals surface area contributed by atoms with Gasteiger partial charge in [0.25, 0.3) is 0 Å². The van der Waals surface area contributed by atoms with E-state index >= 15 is 0 Å². The normalized spacial score (nSPS) is 10.7. The Hall–Kier alpha value is -1.45. The minimum atomic E-state index is -0.349. The fraction of sp³-hybridized carbons (Fsp3) is 0.200. The zero-order valence-electron chi connectivity index (χ0n) is 10.3. The van der Waals surface area contributed by atoms with E-state index in [0.29, 0.717) is 30.1 Å². The van der Waals surface area contributed by atoms with Gasteiger partial charge in [0.15, 0.2) is 0 Å². The van der Waals surface area contributed by atoms with E-state index < -0.39 is 0 Å². The molecule has 0 aromatic heterocycles. The fourth-order valence-corrected chi connectivity index (χ4v) is 2.11. The second-order valence-corrected chi connectivity index (χ2v) is 4.73. The van der Waals surface area contributed by atoms with Crippen LogP contribution in [0.5, 0.6) is 0 Å². The number of benzene rings is 2. The summed E-state index contributed by atoms with van der Waals surface area (Å²) in [6.07, 6.45) is 0.593. The lowest BCUT2D eigenvalue weighted by atomic mass is 10.1. The summed E-state index contributed by atoms with van der Waals surface area (Å²) in [5.41, 5.74) is 1.45. The van der Waals surface area contributed by atoms with Gasteiger partial charge in [0.1, 0.15) is 11.6 Å². The predicted octanol–water partition coefficient (Wildman–Crippen LogP) is 3.95. The second kappa shape index (κ2) is 6.64. The molecular formula is C15H14ClF2N. The third-order valence-corrected chi connectivity index (χ3v) is 3.00. The van der Waals surface area contributed by atoms with Gasteiger partial charge in [0.2, 0.25) is 0 Å². The van der Waals surface area contributed by atoms with Crippen molar-refractivity contribution in [2.75, 3.05) is 6.54 Å². The first-order chi connectivity index (χ1) is 9.15. The van der Waals surface area contributed by atoms with E-state index in [9.17, 15) is 8.78 Å². The molecule has 2 aromatic carbocycles. The van der Waals surface area contributed by atoms with Crippen LogP contribution >= 0.6 is 11.6 Å². The number of nitrogens with one attached hydrogen (secondary N) is 1. The summed E-state index contributed by atoms with van der Waals surface area (Å²) < 4.78 is 26.4. The first-order valence-electron chi connectivity index (χ1n) is 6.04. The van der Waals surface area contributed by atoms with Crippen molar-refractivity contribution in [3.63, 3.8) is 0 Å². The van der Waals surface area contributed by atoms with E-state index in [1.807, 2.05) is 6.07 Å². The quantitative estimate of drug-likeness (QED) is 0.818. The topological polar surface area (TPSA) is 12.0 Å². The summed E-state index contributed by atoms with van der Waals surface area (Å²) in [5, 5.41) is 3.52. The van der Waals surface area contributed by atoms with E-state index in [4.69, 9.17) is 11.6 Å². The Morgan fingerprint density at radius 2 is 1.84 bits per heavy atom. The summed E-state index contributed by atoms with van der Waals surface area (Å²) in [7, 11) is 0. The van der Waals surface area contributed by atoms with Crippen molar-refractivity contribution in [1.82, 2.24) is 5.32 Å². The first-order valence-corrected chi connectivity index (χ1v) is 6.42. The molecule has 0 heterocycles. The SMILES string of the molecule is Fc1cc(Cl)cc(CNCCc2ccccc2F)c1. The summed E-state index contributed by atoms with van der Waals surface area (Å²) >= 11 is 5.76. The zero-order valence-corrected chi connectivity index (χ0v) is 11.1. The lowest BCUT2D eigenvalue weighted by Crippen LogP contribution is -2.17. The molecule has 4 heteroatoms. The van der Waals surface area contributed by atoms with Crippen LogP contribution in [0.2, 0.25) is 5.02 Å². The molecule has 0 saturated heterocycles. The van der Waals surface area contributed by atoms with Crippen LogP contribution in [0.25, 0.3) is 0 Å². The summed E-state index contributed by atoms with van der Waals surface area (Å²) in [6, 6.07) is 11.1. The van der Waals surface area contributed by atoms with Gasteiger partial charge in [-0.2, -0.15) is 0 Å². The van der Waals surface area contributed by atoms with E-state index in [2.05, 4.69) is 5.32 Å². The Bertz CT molecular complexity index is 537. The van der Waals surface area contributed by atoms with Gasteiger partial charge in [0, 0.05) is 11.6 Å². The number of hydrogen-bond donors (Lipinski definition) is 1. The van der Waals surface area contributed by atoms with Crippen molar-refractivity contribution in [3.05, 3.63) is 70.2 Å². The molecule has 2 aromatic rings. The monoisotopic (exact) mass is 281 g/mol. The smallest absolute Gasteiger partial charge is 0.126 e. The average molecular weight is 282 g/mol. The van der Waals surface area contributed by atoms with Crippen molar-refractivity contribution >= 4 is 11.6 Å². The molecule has 1 nitrogen and oxygen atoms in total. The van der Waals surface area contributed by atoms with Gasteiger partial charge in [-0.15, -0.1) is 0 Å². The number of halogens is 3. The van der Waals surface area contributed by atoms with Crippen LogP contribution < -0.4 is 5.32 Å². The van der Waals surface area contributed by atoms with Crippen molar-refractivity contribution < 1.29 is 8.78 Å². The molecule has 0 atom stereocenters. The van der Waals surface area contributed by atoms with Crippen LogP contribution in [-0.2, 0) is 13.0 Å². The van der Waals surface area contributed by atoms with Crippen LogP contribution in [0.15, 0.2) is 42.5 Å². The van der Waals surface area contributed by atoms with Gasteiger partial charge in [-0.3, -0.25) is 0 Å². The van der Waals surface area contributed by atoms with E-state index in [1.165, 1.54) is 18.2 Å². The molecular weight excluding hydrogens is 268 g/mol. The summed E-state index contributed by atoms with van der Waals surface area (Å²) in [5.74, 6) is -0.545. The van der Waals surface area contributed by atoms with Crippen molar-refractivity contribution in [2.24, 2.45) is 0 Å². The van der Waals surface area contributed by atoms with E-state index in [-0.39, 0.29) is 11.6 Å². The first kappa shape index (κ1) is 14.0. The minimum Gasteiger partial charge on any atom is -0.312 e. The Morgan fingerprint density at radius 3 is 2.58 bits per heavy atom. The second-order valence-electron chi connectivity index (χ2n) is 4.30. The standard InChI is InChI=1S/C15H14ClF2N/c16-13-7-11(8-14(17)9-13)10-19-6-5-12-3-1-2-4-15(12)18/h1-4,7-9,19H,5-6,10H2. The number of hydrogen-bond acceptors (Lipinski definition) is 1. The summed E-state index contributed by atoms with van der Waals surface area (Å²) in [4.78, 5) is 0. The molecule has 19 heavy (non-hydrogen) atoms. The molecule has 0 fully saturated rings. The van der Waals surface area contributed by atoms with Gasteiger partial charge in [-0.1, -0.05) is 29.8 Å². The van der Waals surface area contributed by atoms with Gasteiger partial charge in [0.05, 0.1) is 0 Å². The largest absolute Gasteiger partial charge is 0.312 e. The molecule has 0 spiro atoms. The van der Waals surface area contributed by atoms with Gasteiger partial charge in [-0.05, 0) is 48.4 Å². The van der Waals surface area contributed by atoms with Crippen LogP contribution in [-0.4, -0.2) is 6.54 Å². The molecule has 0 radical (unpaired) electrons. The van der Waals surface area contributed by atoms with Crippen LogP contribution in [0.3, 0.4) is 0 Å². The van der Waals surface area contributed by atoms with Gasteiger partial charge < -0.3 is 5.32 Å². The summed E-state index contributed by atoms with van der Waals surface area (Å²) in [6.45, 7) is 1.13. The molecule has 0 aliphatic heterocycles. The Morgan fingerprint density at radius 1 is 1.05 bits per heavy atom. The maximum Gasteiger partial charge on any atom is 0.126 e. The third kappa shape index (κ3) is 4.30. The van der Waals surface area contributed by atoms with Crippen LogP contribution in [0.1, 0.15) is 11.1 Å². The Kier molecular flexibility index (Phi) is 4.88. The molecule has 1 N–H and O–H groups in total. The van der Waals surface area contributed by atoms with Gasteiger partial charge in [-0.25, -0.2) is 8.78 Å². The molecule has 0 bridgehead atoms. The van der Waals surface area contributed by atoms with E-state index in [1.54, 1.807) is 18.2 Å². The zero-order chi connectivity index (χ0) is 13.7. The fourth-order valence-electron chi connectivity index (χ4n) is 1.87. The lowest BCUT2D eigenvalue weighted by molar-refractivity contribution is 0.596.